The lowest BCUT2D eigenvalue weighted by Gasteiger charge is -2.37. The fourth-order valence-corrected chi connectivity index (χ4v) is 2.87. The number of rotatable bonds is 5. The van der Waals surface area contributed by atoms with Crippen molar-refractivity contribution < 1.29 is 23.9 Å². The van der Waals surface area contributed by atoms with Gasteiger partial charge in [-0.3, -0.25) is 14.4 Å². The molecule has 1 aliphatic rings. The van der Waals surface area contributed by atoms with Crippen molar-refractivity contribution in [1.29, 1.82) is 0 Å². The third-order valence-corrected chi connectivity index (χ3v) is 4.74. The van der Waals surface area contributed by atoms with Crippen molar-refractivity contribution in [2.45, 2.75) is 27.7 Å². The van der Waals surface area contributed by atoms with Crippen LogP contribution in [0.3, 0.4) is 0 Å². The molecule has 8 nitrogen and oxygen atoms in total. The second kappa shape index (κ2) is 8.86. The number of benzene rings is 1. The molecule has 1 N–H and O–H groups in total. The molecule has 0 aromatic heterocycles. The first-order valence-corrected chi connectivity index (χ1v) is 9.30. The lowest BCUT2D eigenvalue weighted by Crippen LogP contribution is -2.55. The van der Waals surface area contributed by atoms with Gasteiger partial charge in [0.15, 0.2) is 5.78 Å². The Kier molecular flexibility index (Phi) is 6.77. The predicted molar refractivity (Wildman–Crippen MR) is 104 cm³/mol. The summed E-state index contributed by atoms with van der Waals surface area (Å²) in [5.41, 5.74) is -0.207. The topological polar surface area (TPSA) is 96.0 Å². The van der Waals surface area contributed by atoms with Crippen molar-refractivity contribution in [3.05, 3.63) is 29.8 Å². The number of Topliss-reactive ketones (excluding diaryl/α,β-unsaturated/α-hetero) is 1. The summed E-state index contributed by atoms with van der Waals surface area (Å²) in [4.78, 5) is 51.8. The average Bonchev–Trinajstić information content (AvgIpc) is 2.68. The molecule has 0 saturated carbocycles. The van der Waals surface area contributed by atoms with E-state index in [-0.39, 0.29) is 17.8 Å². The molecule has 1 heterocycles. The second-order valence-electron chi connectivity index (χ2n) is 7.19. The quantitative estimate of drug-likeness (QED) is 0.615. The molecule has 0 spiro atoms. The first-order valence-electron chi connectivity index (χ1n) is 9.30. The Bertz CT molecular complexity index is 750. The Balaban J connectivity index is 1.97. The number of hydrogen-bond donors (Lipinski definition) is 1. The van der Waals surface area contributed by atoms with Crippen LogP contribution in [0.4, 0.5) is 10.5 Å². The van der Waals surface area contributed by atoms with Gasteiger partial charge in [0.2, 0.25) is 11.8 Å². The monoisotopic (exact) mass is 389 g/mol. The summed E-state index contributed by atoms with van der Waals surface area (Å²) in [6.45, 7) is 8.10. The lowest BCUT2D eigenvalue weighted by atomic mass is 9.89. The van der Waals surface area contributed by atoms with E-state index < -0.39 is 11.3 Å². The zero-order valence-electron chi connectivity index (χ0n) is 16.8. The van der Waals surface area contributed by atoms with Gasteiger partial charge in [0, 0.05) is 37.4 Å². The Labute approximate surface area is 164 Å². The van der Waals surface area contributed by atoms with Gasteiger partial charge < -0.3 is 19.9 Å². The summed E-state index contributed by atoms with van der Waals surface area (Å²) in [6.07, 6.45) is -0.388. The van der Waals surface area contributed by atoms with E-state index in [1.807, 2.05) is 0 Å². The van der Waals surface area contributed by atoms with E-state index in [4.69, 9.17) is 4.74 Å². The fraction of sp³-hybridized carbons (Fsp3) is 0.500. The molecule has 28 heavy (non-hydrogen) atoms. The van der Waals surface area contributed by atoms with Crippen molar-refractivity contribution in [1.82, 2.24) is 9.80 Å². The summed E-state index contributed by atoms with van der Waals surface area (Å²) in [5, 5.41) is 2.73. The molecule has 0 bridgehead atoms. The summed E-state index contributed by atoms with van der Waals surface area (Å²) in [6, 6.07) is 6.52. The van der Waals surface area contributed by atoms with Crippen LogP contribution in [0.25, 0.3) is 0 Å². The largest absolute Gasteiger partial charge is 0.450 e. The van der Waals surface area contributed by atoms with Crippen molar-refractivity contribution in [2.75, 3.05) is 38.1 Å². The predicted octanol–water partition coefficient (Wildman–Crippen LogP) is 2.15. The van der Waals surface area contributed by atoms with E-state index in [1.54, 1.807) is 54.8 Å². The Morgan fingerprint density at radius 3 is 2.04 bits per heavy atom. The SMILES string of the molecule is CCOC(=O)N1CCN(C(=O)C(C)(C)C(=O)Nc2ccc(C(C)=O)cc2)CC1. The van der Waals surface area contributed by atoms with Crippen molar-refractivity contribution in [3.8, 4) is 0 Å². The molecule has 1 aliphatic heterocycles. The van der Waals surface area contributed by atoms with Gasteiger partial charge in [0.1, 0.15) is 5.41 Å². The number of ketones is 1. The molecule has 1 saturated heterocycles. The van der Waals surface area contributed by atoms with Crippen LogP contribution >= 0.6 is 0 Å². The maximum absolute atomic E-state index is 12.9. The molecule has 1 fully saturated rings. The van der Waals surface area contributed by atoms with Crippen molar-refractivity contribution in [3.63, 3.8) is 0 Å². The summed E-state index contributed by atoms with van der Waals surface area (Å²) in [7, 11) is 0. The van der Waals surface area contributed by atoms with E-state index >= 15 is 0 Å². The van der Waals surface area contributed by atoms with E-state index in [0.717, 1.165) is 0 Å². The minimum absolute atomic E-state index is 0.0599. The average molecular weight is 389 g/mol. The molecule has 1 aromatic carbocycles. The standard InChI is InChI=1S/C20H27N3O5/c1-5-28-19(27)23-12-10-22(11-13-23)18(26)20(3,4)17(25)21-16-8-6-15(7-9-16)14(2)24/h6-9H,5,10-13H2,1-4H3,(H,21,25). The molecule has 2 rings (SSSR count). The number of piperazine rings is 1. The first-order chi connectivity index (χ1) is 13.2. The van der Waals surface area contributed by atoms with Crippen LogP contribution in [0.2, 0.25) is 0 Å². The molecular formula is C20H27N3O5. The van der Waals surface area contributed by atoms with E-state index in [2.05, 4.69) is 5.32 Å². The van der Waals surface area contributed by atoms with Gasteiger partial charge in [-0.1, -0.05) is 0 Å². The number of carbonyl (C=O) groups is 4. The van der Waals surface area contributed by atoms with Crippen LogP contribution < -0.4 is 5.32 Å². The molecular weight excluding hydrogens is 362 g/mol. The Morgan fingerprint density at radius 2 is 1.54 bits per heavy atom. The molecule has 0 radical (unpaired) electrons. The van der Waals surface area contributed by atoms with Gasteiger partial charge in [-0.2, -0.15) is 0 Å². The molecule has 8 heteroatoms. The van der Waals surface area contributed by atoms with Gasteiger partial charge >= 0.3 is 6.09 Å². The van der Waals surface area contributed by atoms with Crippen molar-refractivity contribution in [2.24, 2.45) is 5.41 Å². The van der Waals surface area contributed by atoms with Gasteiger partial charge in [0.05, 0.1) is 6.61 Å². The summed E-state index contributed by atoms with van der Waals surface area (Å²) in [5.74, 6) is -0.787. The highest BCUT2D eigenvalue weighted by Gasteiger charge is 2.40. The fourth-order valence-electron chi connectivity index (χ4n) is 2.87. The number of anilines is 1. The number of nitrogens with one attached hydrogen (secondary N) is 1. The van der Waals surface area contributed by atoms with Crippen molar-refractivity contribution >= 4 is 29.4 Å². The van der Waals surface area contributed by atoms with E-state index in [9.17, 15) is 19.2 Å². The molecule has 3 amide bonds. The van der Waals surface area contributed by atoms with Crippen LogP contribution in [-0.2, 0) is 14.3 Å². The Hall–Kier alpha value is -2.90. The minimum Gasteiger partial charge on any atom is -0.450 e. The third-order valence-electron chi connectivity index (χ3n) is 4.74. The van der Waals surface area contributed by atoms with Crippen LogP contribution in [-0.4, -0.2) is 66.3 Å². The minimum atomic E-state index is -1.27. The molecule has 0 unspecified atom stereocenters. The number of ether oxygens (including phenoxy) is 1. The molecule has 1 aromatic rings. The van der Waals surface area contributed by atoms with Gasteiger partial charge in [-0.15, -0.1) is 0 Å². The highest BCUT2D eigenvalue weighted by Crippen LogP contribution is 2.23. The van der Waals surface area contributed by atoms with Crippen LogP contribution in [0.15, 0.2) is 24.3 Å². The third kappa shape index (κ3) is 4.88. The maximum Gasteiger partial charge on any atom is 0.409 e. The van der Waals surface area contributed by atoms with Crippen LogP contribution in [0.1, 0.15) is 38.1 Å². The molecule has 152 valence electrons. The Morgan fingerprint density at radius 1 is 1.00 bits per heavy atom. The number of carbonyl (C=O) groups excluding carboxylic acids is 4. The van der Waals surface area contributed by atoms with Gasteiger partial charge in [0.25, 0.3) is 0 Å². The van der Waals surface area contributed by atoms with Crippen LogP contribution in [0.5, 0.6) is 0 Å². The smallest absolute Gasteiger partial charge is 0.409 e. The first kappa shape index (κ1) is 21.4. The molecule has 0 atom stereocenters. The number of nitrogens with zero attached hydrogens (tertiary/aromatic N) is 2. The lowest BCUT2D eigenvalue weighted by molar-refractivity contribution is -0.147. The zero-order valence-corrected chi connectivity index (χ0v) is 16.8. The summed E-state index contributed by atoms with van der Waals surface area (Å²) >= 11 is 0. The normalized spacial score (nSPS) is 14.4. The highest BCUT2D eigenvalue weighted by molar-refractivity contribution is 6.10. The number of hydrogen-bond acceptors (Lipinski definition) is 5. The maximum atomic E-state index is 12.9. The zero-order chi connectivity index (χ0) is 20.9. The van der Waals surface area contributed by atoms with Gasteiger partial charge in [-0.25, -0.2) is 4.79 Å². The highest BCUT2D eigenvalue weighted by atomic mass is 16.6. The second-order valence-corrected chi connectivity index (χ2v) is 7.19. The van der Waals surface area contributed by atoms with Gasteiger partial charge in [-0.05, 0) is 52.0 Å². The number of amides is 3. The van der Waals surface area contributed by atoms with E-state index in [1.165, 1.54) is 6.92 Å². The summed E-state index contributed by atoms with van der Waals surface area (Å²) < 4.78 is 4.97. The van der Waals surface area contributed by atoms with Crippen LogP contribution in [0, 0.1) is 5.41 Å². The van der Waals surface area contributed by atoms with E-state index in [0.29, 0.717) is 44.0 Å². The molecule has 0 aliphatic carbocycles.